The molecule has 166 valence electrons. The second-order valence-electron chi connectivity index (χ2n) is 12.3. The monoisotopic (exact) mass is 409 g/mol. The summed E-state index contributed by atoms with van der Waals surface area (Å²) in [6.07, 6.45) is 13.4. The van der Waals surface area contributed by atoms with Crippen molar-refractivity contribution >= 4 is 5.78 Å². The Bertz CT molecular complexity index is 772. The minimum Gasteiger partial charge on any atom is -0.300 e. The zero-order chi connectivity index (χ0) is 21.7. The van der Waals surface area contributed by atoms with Crippen molar-refractivity contribution in [2.45, 2.75) is 112 Å². The molecule has 30 heavy (non-hydrogen) atoms. The van der Waals surface area contributed by atoms with Crippen LogP contribution in [0, 0.1) is 51.2 Å². The van der Waals surface area contributed by atoms with E-state index in [1.165, 1.54) is 44.9 Å². The fourth-order valence-corrected chi connectivity index (χ4v) is 8.53. The van der Waals surface area contributed by atoms with Crippen molar-refractivity contribution in [2.24, 2.45) is 39.9 Å². The summed E-state index contributed by atoms with van der Waals surface area (Å²) in [6.45, 7) is 12.2. The van der Waals surface area contributed by atoms with E-state index in [4.69, 9.17) is 0 Å². The van der Waals surface area contributed by atoms with Gasteiger partial charge in [-0.3, -0.25) is 4.79 Å². The molecule has 2 nitrogen and oxygen atoms in total. The second kappa shape index (κ2) is 7.79. The first kappa shape index (κ1) is 22.1. The Morgan fingerprint density at radius 3 is 2.50 bits per heavy atom. The van der Waals surface area contributed by atoms with Crippen LogP contribution in [0.1, 0.15) is 112 Å². The van der Waals surface area contributed by atoms with Gasteiger partial charge in [0.25, 0.3) is 0 Å². The number of hydrogen-bond donors (Lipinski definition) is 0. The second-order valence-corrected chi connectivity index (χ2v) is 12.3. The van der Waals surface area contributed by atoms with Crippen molar-refractivity contribution in [3.8, 4) is 6.07 Å². The molecule has 2 heteroatoms. The highest BCUT2D eigenvalue weighted by molar-refractivity contribution is 5.81. The molecule has 3 saturated carbocycles. The van der Waals surface area contributed by atoms with E-state index in [9.17, 15) is 10.1 Å². The minimum atomic E-state index is -0.410. The highest BCUT2D eigenvalue weighted by Gasteiger charge is 2.61. The van der Waals surface area contributed by atoms with Crippen molar-refractivity contribution in [1.82, 2.24) is 0 Å². The standard InChI is InChI=1S/C28H43NO/c1-19(2)7-6-8-20(3)23-9-10-24-22-12-16-28(18-29)17-21(30)11-15-27(28,5)25(22)13-14-26(23,24)4/h19-20,23,25H,6-17H2,1-5H3/t20-,23-,25+,26-,27-,28-/m1/s1. The third-order valence-corrected chi connectivity index (χ3v) is 10.4. The van der Waals surface area contributed by atoms with E-state index in [2.05, 4.69) is 40.7 Å². The van der Waals surface area contributed by atoms with Crippen LogP contribution in [0.2, 0.25) is 0 Å². The SMILES string of the molecule is CC(C)CCC[C@@H](C)[C@H]1CCC2=C3CC[C@]4(C#N)CC(=O)CC[C@]4(C)[C@H]3CC[C@@]21C. The van der Waals surface area contributed by atoms with Crippen LogP contribution >= 0.6 is 0 Å². The molecule has 0 unspecified atom stereocenters. The molecule has 0 heterocycles. The lowest BCUT2D eigenvalue weighted by atomic mass is 9.43. The van der Waals surface area contributed by atoms with Crippen molar-refractivity contribution in [2.75, 3.05) is 0 Å². The fourth-order valence-electron chi connectivity index (χ4n) is 8.53. The zero-order valence-corrected chi connectivity index (χ0v) is 20.2. The number of fused-ring (bicyclic) bond motifs is 4. The van der Waals surface area contributed by atoms with Gasteiger partial charge in [0.15, 0.2) is 0 Å². The van der Waals surface area contributed by atoms with Crippen molar-refractivity contribution in [3.05, 3.63) is 11.1 Å². The van der Waals surface area contributed by atoms with Gasteiger partial charge in [-0.05, 0) is 79.4 Å². The lowest BCUT2D eigenvalue weighted by Gasteiger charge is -2.59. The Hall–Kier alpha value is -1.10. The van der Waals surface area contributed by atoms with E-state index in [0.717, 1.165) is 37.0 Å². The van der Waals surface area contributed by atoms with Gasteiger partial charge in [-0.2, -0.15) is 5.26 Å². The maximum Gasteiger partial charge on any atom is 0.134 e. The van der Waals surface area contributed by atoms with Gasteiger partial charge in [0.2, 0.25) is 0 Å². The molecule has 0 aromatic rings. The van der Waals surface area contributed by atoms with Crippen LogP contribution in [0.25, 0.3) is 0 Å². The number of Topliss-reactive ketones (excluding diaryl/α,β-unsaturated/α-hetero) is 1. The molecular formula is C28H43NO. The summed E-state index contributed by atoms with van der Waals surface area (Å²) in [7, 11) is 0. The number of rotatable bonds is 5. The number of nitriles is 1. The van der Waals surface area contributed by atoms with Gasteiger partial charge in [-0.1, -0.05) is 65.0 Å². The molecule has 0 radical (unpaired) electrons. The van der Waals surface area contributed by atoms with Gasteiger partial charge < -0.3 is 0 Å². The topological polar surface area (TPSA) is 40.9 Å². The van der Waals surface area contributed by atoms with Gasteiger partial charge in [0.1, 0.15) is 5.78 Å². The van der Waals surface area contributed by atoms with Gasteiger partial charge >= 0.3 is 0 Å². The fraction of sp³-hybridized carbons (Fsp3) is 0.857. The number of ketones is 1. The molecule has 0 amide bonds. The van der Waals surface area contributed by atoms with Crippen molar-refractivity contribution < 1.29 is 4.79 Å². The normalized spacial score (nSPS) is 41.8. The first-order valence-corrected chi connectivity index (χ1v) is 12.8. The van der Waals surface area contributed by atoms with Crippen LogP contribution in [-0.4, -0.2) is 5.78 Å². The molecule has 0 bridgehead atoms. The first-order chi connectivity index (χ1) is 14.2. The summed E-state index contributed by atoms with van der Waals surface area (Å²) in [5.41, 5.74) is 3.51. The van der Waals surface area contributed by atoms with Gasteiger partial charge in [-0.15, -0.1) is 0 Å². The van der Waals surface area contributed by atoms with E-state index in [-0.39, 0.29) is 5.41 Å². The molecular weight excluding hydrogens is 366 g/mol. The summed E-state index contributed by atoms with van der Waals surface area (Å²) >= 11 is 0. The Balaban J connectivity index is 1.60. The lowest BCUT2D eigenvalue weighted by Crippen LogP contribution is -2.54. The Kier molecular flexibility index (Phi) is 5.74. The molecule has 4 aliphatic carbocycles. The quantitative estimate of drug-likeness (QED) is 0.438. The van der Waals surface area contributed by atoms with Crippen LogP contribution in [0.15, 0.2) is 11.1 Å². The molecule has 0 aromatic heterocycles. The minimum absolute atomic E-state index is 0.00145. The smallest absolute Gasteiger partial charge is 0.134 e. The van der Waals surface area contributed by atoms with Gasteiger partial charge in [0.05, 0.1) is 11.5 Å². The summed E-state index contributed by atoms with van der Waals surface area (Å²) in [6, 6.07) is 2.71. The largest absolute Gasteiger partial charge is 0.300 e. The highest BCUT2D eigenvalue weighted by Crippen LogP contribution is 2.68. The van der Waals surface area contributed by atoms with Crippen LogP contribution in [-0.2, 0) is 4.79 Å². The molecule has 0 aromatic carbocycles. The predicted octanol–water partition coefficient (Wildman–Crippen LogP) is 7.63. The Labute approximate surface area is 184 Å². The maximum absolute atomic E-state index is 12.3. The number of carbonyl (C=O) groups excluding carboxylic acids is 1. The molecule has 0 saturated heterocycles. The van der Waals surface area contributed by atoms with E-state index in [1.54, 1.807) is 11.1 Å². The van der Waals surface area contributed by atoms with Crippen molar-refractivity contribution in [1.29, 1.82) is 5.26 Å². The van der Waals surface area contributed by atoms with Crippen LogP contribution < -0.4 is 0 Å². The molecule has 4 aliphatic rings. The Morgan fingerprint density at radius 1 is 1.03 bits per heavy atom. The molecule has 4 rings (SSSR count). The summed E-state index contributed by atoms with van der Waals surface area (Å²) in [4.78, 5) is 12.3. The number of hydrogen-bond acceptors (Lipinski definition) is 2. The molecule has 0 spiro atoms. The highest BCUT2D eigenvalue weighted by atomic mass is 16.1. The molecule has 0 N–H and O–H groups in total. The zero-order valence-electron chi connectivity index (χ0n) is 20.2. The first-order valence-electron chi connectivity index (χ1n) is 12.8. The average Bonchev–Trinajstić information content (AvgIpc) is 3.05. The third kappa shape index (κ3) is 3.22. The van der Waals surface area contributed by atoms with Gasteiger partial charge in [-0.25, -0.2) is 0 Å². The summed E-state index contributed by atoms with van der Waals surface area (Å²) < 4.78 is 0. The summed E-state index contributed by atoms with van der Waals surface area (Å²) in [5.74, 6) is 3.32. The van der Waals surface area contributed by atoms with Crippen LogP contribution in [0.3, 0.4) is 0 Å². The number of nitrogens with zero attached hydrogens (tertiary/aromatic N) is 1. The van der Waals surface area contributed by atoms with E-state index < -0.39 is 5.41 Å². The number of carbonyl (C=O) groups is 1. The summed E-state index contributed by atoms with van der Waals surface area (Å²) in [5, 5.41) is 10.2. The average molecular weight is 410 g/mol. The van der Waals surface area contributed by atoms with E-state index in [0.29, 0.717) is 30.0 Å². The third-order valence-electron chi connectivity index (χ3n) is 10.4. The molecule has 6 atom stereocenters. The predicted molar refractivity (Wildman–Crippen MR) is 123 cm³/mol. The lowest BCUT2D eigenvalue weighted by molar-refractivity contribution is -0.132. The molecule has 0 aliphatic heterocycles. The maximum atomic E-state index is 12.3. The number of allylic oxidation sites excluding steroid dienone is 2. The van der Waals surface area contributed by atoms with Crippen LogP contribution in [0.4, 0.5) is 0 Å². The Morgan fingerprint density at radius 2 is 1.80 bits per heavy atom. The van der Waals surface area contributed by atoms with E-state index in [1.807, 2.05) is 0 Å². The van der Waals surface area contributed by atoms with E-state index >= 15 is 0 Å². The molecule has 3 fully saturated rings. The van der Waals surface area contributed by atoms with Gasteiger partial charge in [0, 0.05) is 12.8 Å². The van der Waals surface area contributed by atoms with Crippen molar-refractivity contribution in [3.63, 3.8) is 0 Å². The van der Waals surface area contributed by atoms with Crippen LogP contribution in [0.5, 0.6) is 0 Å².